The average molecular weight is 599 g/mol. The monoisotopic (exact) mass is 597 g/mol. The summed E-state index contributed by atoms with van der Waals surface area (Å²) in [7, 11) is 0. The molecule has 40 heavy (non-hydrogen) atoms. The van der Waals surface area contributed by atoms with Gasteiger partial charge < -0.3 is 10.2 Å². The molecule has 204 valence electrons. The summed E-state index contributed by atoms with van der Waals surface area (Å²) in [5.41, 5.74) is 3.15. The van der Waals surface area contributed by atoms with Crippen LogP contribution in [0.4, 0.5) is 5.69 Å². The lowest BCUT2D eigenvalue weighted by molar-refractivity contribution is -0.140. The van der Waals surface area contributed by atoms with Gasteiger partial charge in [-0.15, -0.1) is 0 Å². The van der Waals surface area contributed by atoms with Crippen LogP contribution in [0.5, 0.6) is 0 Å². The van der Waals surface area contributed by atoms with Crippen molar-refractivity contribution in [1.82, 2.24) is 10.2 Å². The fourth-order valence-electron chi connectivity index (χ4n) is 5.17. The summed E-state index contributed by atoms with van der Waals surface area (Å²) in [5, 5.41) is 4.86. The fraction of sp³-hybridized carbons (Fsp3) is 0.242. The Balaban J connectivity index is 1.50. The highest BCUT2D eigenvalue weighted by atomic mass is 79.9. The minimum absolute atomic E-state index is 0.163. The van der Waals surface area contributed by atoms with Gasteiger partial charge in [0, 0.05) is 34.9 Å². The Kier molecular flexibility index (Phi) is 8.31. The first-order valence-corrected chi connectivity index (χ1v) is 14.3. The van der Waals surface area contributed by atoms with E-state index >= 15 is 0 Å². The number of carbonyl (C=O) groups is 3. The van der Waals surface area contributed by atoms with Gasteiger partial charge in [0.1, 0.15) is 12.6 Å². The summed E-state index contributed by atoms with van der Waals surface area (Å²) < 4.78 is 0.887. The van der Waals surface area contributed by atoms with Crippen molar-refractivity contribution in [3.05, 3.63) is 112 Å². The molecule has 0 unspecified atom stereocenters. The molecule has 1 aliphatic heterocycles. The molecular formula is C33H32BrN3O3. The minimum Gasteiger partial charge on any atom is -0.354 e. The van der Waals surface area contributed by atoms with Gasteiger partial charge in [-0.3, -0.25) is 19.3 Å². The van der Waals surface area contributed by atoms with Gasteiger partial charge >= 0.3 is 0 Å². The normalized spacial score (nSPS) is 13.1. The first kappa shape index (κ1) is 27.6. The molecule has 7 heteroatoms. The largest absolute Gasteiger partial charge is 0.354 e. The topological polar surface area (TPSA) is 69.7 Å². The van der Waals surface area contributed by atoms with Crippen molar-refractivity contribution in [1.29, 1.82) is 0 Å². The quantitative estimate of drug-likeness (QED) is 0.245. The second kappa shape index (κ2) is 12.0. The predicted octanol–water partition coefficient (Wildman–Crippen LogP) is 5.97. The van der Waals surface area contributed by atoms with Crippen molar-refractivity contribution in [2.24, 2.45) is 5.92 Å². The summed E-state index contributed by atoms with van der Waals surface area (Å²) in [5.74, 6) is -0.444. The third kappa shape index (κ3) is 5.94. The third-order valence-electron chi connectivity index (χ3n) is 7.14. The smallest absolute Gasteiger partial charge is 0.259 e. The Morgan fingerprint density at radius 2 is 1.60 bits per heavy atom. The van der Waals surface area contributed by atoms with Crippen LogP contribution in [0.1, 0.15) is 35.3 Å². The minimum atomic E-state index is -0.761. The summed E-state index contributed by atoms with van der Waals surface area (Å²) in [6, 6.07) is 28.0. The summed E-state index contributed by atoms with van der Waals surface area (Å²) in [6.07, 6.45) is 0.355. The summed E-state index contributed by atoms with van der Waals surface area (Å²) in [6.45, 7) is 4.64. The van der Waals surface area contributed by atoms with E-state index in [2.05, 4.69) is 21.2 Å². The first-order valence-electron chi connectivity index (χ1n) is 13.5. The molecule has 3 amide bonds. The van der Waals surface area contributed by atoms with Gasteiger partial charge in [0.25, 0.3) is 5.91 Å². The van der Waals surface area contributed by atoms with Gasteiger partial charge in [-0.2, -0.15) is 0 Å². The molecule has 0 fully saturated rings. The lowest BCUT2D eigenvalue weighted by Gasteiger charge is -2.33. The zero-order valence-electron chi connectivity index (χ0n) is 22.6. The Hall–Kier alpha value is -3.97. The van der Waals surface area contributed by atoms with Crippen molar-refractivity contribution in [2.45, 2.75) is 32.9 Å². The second-order valence-corrected chi connectivity index (χ2v) is 11.5. The molecule has 5 rings (SSSR count). The zero-order valence-corrected chi connectivity index (χ0v) is 24.2. The van der Waals surface area contributed by atoms with Crippen LogP contribution in [-0.2, 0) is 22.6 Å². The number of anilines is 1. The molecule has 0 aromatic heterocycles. The molecule has 0 saturated heterocycles. The molecular weight excluding hydrogens is 566 g/mol. The Labute approximate surface area is 243 Å². The third-order valence-corrected chi connectivity index (χ3v) is 7.63. The van der Waals surface area contributed by atoms with Crippen LogP contribution in [0.15, 0.2) is 95.5 Å². The molecule has 4 aromatic carbocycles. The van der Waals surface area contributed by atoms with Crippen molar-refractivity contribution in [2.75, 3.05) is 18.0 Å². The highest BCUT2D eigenvalue weighted by molar-refractivity contribution is 9.10. The van der Waals surface area contributed by atoms with Crippen LogP contribution >= 0.6 is 15.9 Å². The average Bonchev–Trinajstić information content (AvgIpc) is 3.22. The second-order valence-electron chi connectivity index (χ2n) is 10.6. The predicted molar refractivity (Wildman–Crippen MR) is 162 cm³/mol. The van der Waals surface area contributed by atoms with Crippen molar-refractivity contribution in [3.8, 4) is 0 Å². The zero-order chi connectivity index (χ0) is 28.2. The van der Waals surface area contributed by atoms with Crippen molar-refractivity contribution < 1.29 is 14.4 Å². The number of hydrogen-bond acceptors (Lipinski definition) is 3. The lowest BCUT2D eigenvalue weighted by atomic mass is 10.0. The summed E-state index contributed by atoms with van der Waals surface area (Å²) >= 11 is 3.53. The van der Waals surface area contributed by atoms with Gasteiger partial charge in [0.2, 0.25) is 11.8 Å². The number of hydrogen-bond donors (Lipinski definition) is 1. The van der Waals surface area contributed by atoms with E-state index in [1.807, 2.05) is 98.8 Å². The Bertz CT molecular complexity index is 1550. The van der Waals surface area contributed by atoms with Gasteiger partial charge in [0.05, 0.1) is 5.69 Å². The van der Waals surface area contributed by atoms with Crippen LogP contribution < -0.4 is 10.2 Å². The number of halogens is 1. The summed E-state index contributed by atoms with van der Waals surface area (Å²) in [4.78, 5) is 44.6. The highest BCUT2D eigenvalue weighted by Gasteiger charge is 2.35. The SMILES string of the molecule is CC(C)CNC(=O)[C@H](Cc1ccccc1)N(Cc1cccc(Br)c1)C(=O)CN1C(=O)c2cccc3cccc1c23. The number of rotatable bonds is 10. The molecule has 0 radical (unpaired) electrons. The number of benzene rings is 4. The maximum Gasteiger partial charge on any atom is 0.259 e. The van der Waals surface area contributed by atoms with E-state index in [0.717, 1.165) is 32.1 Å². The highest BCUT2D eigenvalue weighted by Crippen LogP contribution is 2.37. The molecule has 1 heterocycles. The van der Waals surface area contributed by atoms with Crippen LogP contribution in [0, 0.1) is 5.92 Å². The molecule has 1 N–H and O–H groups in total. The van der Waals surface area contributed by atoms with E-state index in [1.54, 1.807) is 15.9 Å². The van der Waals surface area contributed by atoms with E-state index in [1.165, 1.54) is 0 Å². The van der Waals surface area contributed by atoms with Crippen LogP contribution in [0.2, 0.25) is 0 Å². The van der Waals surface area contributed by atoms with Crippen LogP contribution in [0.3, 0.4) is 0 Å². The van der Waals surface area contributed by atoms with Crippen molar-refractivity contribution in [3.63, 3.8) is 0 Å². The Morgan fingerprint density at radius 1 is 0.900 bits per heavy atom. The number of nitrogens with zero attached hydrogens (tertiary/aromatic N) is 2. The molecule has 1 aliphatic rings. The lowest BCUT2D eigenvalue weighted by Crippen LogP contribution is -2.53. The molecule has 4 aromatic rings. The first-order chi connectivity index (χ1) is 19.3. The van der Waals surface area contributed by atoms with Gasteiger partial charge in [-0.25, -0.2) is 0 Å². The Morgan fingerprint density at radius 3 is 2.33 bits per heavy atom. The fourth-order valence-corrected chi connectivity index (χ4v) is 5.62. The van der Waals surface area contributed by atoms with E-state index < -0.39 is 6.04 Å². The standard InChI is InChI=1S/C33H32BrN3O3/c1-22(2)19-35-32(39)29(18-23-9-4-3-5-10-23)36(20-24-11-6-14-26(34)17-24)30(38)21-37-28-16-8-13-25-12-7-15-27(31(25)28)33(37)40/h3-17,22,29H,18-21H2,1-2H3,(H,35,39)/t29-/m0/s1. The van der Waals surface area contributed by atoms with E-state index in [9.17, 15) is 14.4 Å². The maximum absolute atomic E-state index is 14.2. The van der Waals surface area contributed by atoms with E-state index in [0.29, 0.717) is 18.5 Å². The number of nitrogens with one attached hydrogen (secondary N) is 1. The molecule has 1 atom stereocenters. The molecule has 0 spiro atoms. The van der Waals surface area contributed by atoms with Gasteiger partial charge in [-0.1, -0.05) is 96.5 Å². The van der Waals surface area contributed by atoms with E-state index in [4.69, 9.17) is 0 Å². The van der Waals surface area contributed by atoms with Crippen LogP contribution in [0.25, 0.3) is 10.8 Å². The number of carbonyl (C=O) groups excluding carboxylic acids is 3. The molecule has 0 saturated carbocycles. The van der Waals surface area contributed by atoms with Gasteiger partial charge in [0.15, 0.2) is 0 Å². The maximum atomic E-state index is 14.2. The molecule has 0 bridgehead atoms. The molecule has 6 nitrogen and oxygen atoms in total. The van der Waals surface area contributed by atoms with E-state index in [-0.39, 0.29) is 36.7 Å². The number of amides is 3. The van der Waals surface area contributed by atoms with Gasteiger partial charge in [-0.05, 0) is 46.7 Å². The van der Waals surface area contributed by atoms with Crippen LogP contribution in [-0.4, -0.2) is 41.8 Å². The molecule has 0 aliphatic carbocycles. The van der Waals surface area contributed by atoms with Crippen molar-refractivity contribution >= 4 is 50.1 Å².